The van der Waals surface area contributed by atoms with E-state index in [-0.39, 0.29) is 6.61 Å². The average molecular weight is 444 g/mol. The lowest BCUT2D eigenvalue weighted by molar-refractivity contribution is 0.329. The van der Waals surface area contributed by atoms with Crippen LogP contribution >= 0.6 is 0 Å². The minimum Gasteiger partial charge on any atom is -0.493 e. The van der Waals surface area contributed by atoms with E-state index in [1.807, 2.05) is 42.5 Å². The van der Waals surface area contributed by atoms with Crippen LogP contribution < -0.4 is 25.1 Å². The van der Waals surface area contributed by atoms with Crippen LogP contribution in [0.1, 0.15) is 18.4 Å². The van der Waals surface area contributed by atoms with Crippen molar-refractivity contribution in [1.82, 2.24) is 15.0 Å². The van der Waals surface area contributed by atoms with Crippen LogP contribution in [-0.2, 0) is 0 Å². The molecule has 0 bridgehead atoms. The Balaban J connectivity index is 1.51. The van der Waals surface area contributed by atoms with Crippen LogP contribution in [0.3, 0.4) is 0 Å². The van der Waals surface area contributed by atoms with Crippen LogP contribution in [0, 0.1) is 11.3 Å². The summed E-state index contributed by atoms with van der Waals surface area (Å²) in [5, 5.41) is 16.2. The summed E-state index contributed by atoms with van der Waals surface area (Å²) >= 11 is 0. The topological polar surface area (TPSA) is 121 Å². The molecule has 168 valence electrons. The van der Waals surface area contributed by atoms with Crippen molar-refractivity contribution in [3.05, 3.63) is 54.1 Å². The van der Waals surface area contributed by atoms with Crippen molar-refractivity contribution in [1.29, 1.82) is 5.26 Å². The maximum Gasteiger partial charge on any atom is 0.250 e. The summed E-state index contributed by atoms with van der Waals surface area (Å²) in [7, 11) is 1.54. The minimum atomic E-state index is -0.0521. The van der Waals surface area contributed by atoms with Gasteiger partial charge in [0.05, 0.1) is 13.3 Å². The molecule has 1 aromatic heterocycles. The lowest BCUT2D eigenvalue weighted by atomic mass is 10.2. The maximum absolute atomic E-state index is 8.69. The number of benzene rings is 2. The summed E-state index contributed by atoms with van der Waals surface area (Å²) in [6, 6.07) is 17.0. The molecule has 0 amide bonds. The highest BCUT2D eigenvalue weighted by molar-refractivity contribution is 5.81. The third kappa shape index (κ3) is 5.86. The molecular weight excluding hydrogens is 420 g/mol. The number of hydrogen-bond donors (Lipinski definition) is 2. The van der Waals surface area contributed by atoms with Gasteiger partial charge >= 0.3 is 0 Å². The predicted molar refractivity (Wildman–Crippen MR) is 126 cm³/mol. The lowest BCUT2D eigenvalue weighted by Crippen LogP contribution is -2.21. The Labute approximate surface area is 191 Å². The van der Waals surface area contributed by atoms with Gasteiger partial charge in [-0.15, -0.1) is 0 Å². The molecular formula is C23H24N8O2. The highest BCUT2D eigenvalue weighted by atomic mass is 16.5. The largest absolute Gasteiger partial charge is 0.493 e. The Kier molecular flexibility index (Phi) is 7.12. The molecule has 0 unspecified atom stereocenters. The third-order valence-corrected chi connectivity index (χ3v) is 4.90. The maximum atomic E-state index is 8.69. The molecule has 4 rings (SSSR count). The standard InChI is InChI=1S/C23H24N8O2/c1-32-20-15-17(9-10-19(20)33-14-11-24)16-25-30-22-27-21(26-18-7-3-2-4-8-18)28-23(29-22)31-12-5-6-13-31/h2-4,7-10,15-16H,5-6,12-14H2,1H3,(H2,26,27,28,29,30)/b25-16+. The molecule has 2 aromatic carbocycles. The first-order valence-electron chi connectivity index (χ1n) is 10.5. The number of hydrazone groups is 1. The molecule has 1 fully saturated rings. The van der Waals surface area contributed by atoms with E-state index in [1.54, 1.807) is 25.5 Å². The predicted octanol–water partition coefficient (Wildman–Crippen LogP) is 3.57. The molecule has 1 saturated heterocycles. The van der Waals surface area contributed by atoms with Crippen LogP contribution in [0.25, 0.3) is 0 Å². The summed E-state index contributed by atoms with van der Waals surface area (Å²) < 4.78 is 10.7. The zero-order valence-corrected chi connectivity index (χ0v) is 18.2. The van der Waals surface area contributed by atoms with E-state index in [0.29, 0.717) is 29.3 Å². The summed E-state index contributed by atoms with van der Waals surface area (Å²) in [5.41, 5.74) is 4.56. The van der Waals surface area contributed by atoms with Crippen LogP contribution in [0.5, 0.6) is 11.5 Å². The smallest absolute Gasteiger partial charge is 0.250 e. The molecule has 2 N–H and O–H groups in total. The number of methoxy groups -OCH3 is 1. The molecule has 0 atom stereocenters. The van der Waals surface area contributed by atoms with E-state index in [9.17, 15) is 0 Å². The van der Waals surface area contributed by atoms with Gasteiger partial charge in [-0.25, -0.2) is 5.43 Å². The van der Waals surface area contributed by atoms with Crippen molar-refractivity contribution in [2.45, 2.75) is 12.8 Å². The summed E-state index contributed by atoms with van der Waals surface area (Å²) in [4.78, 5) is 15.7. The fourth-order valence-electron chi connectivity index (χ4n) is 3.34. The third-order valence-electron chi connectivity index (χ3n) is 4.90. The van der Waals surface area contributed by atoms with Crippen molar-refractivity contribution < 1.29 is 9.47 Å². The first-order chi connectivity index (χ1) is 16.2. The number of hydrogen-bond acceptors (Lipinski definition) is 10. The second-order valence-corrected chi connectivity index (χ2v) is 7.19. The normalized spacial score (nSPS) is 13.0. The number of nitriles is 1. The van der Waals surface area contributed by atoms with Gasteiger partial charge in [-0.05, 0) is 48.7 Å². The molecule has 0 saturated carbocycles. The van der Waals surface area contributed by atoms with E-state index < -0.39 is 0 Å². The van der Waals surface area contributed by atoms with Crippen LogP contribution in [0.4, 0.5) is 23.5 Å². The molecule has 1 aliphatic rings. The van der Waals surface area contributed by atoms with Crippen molar-refractivity contribution in [3.63, 3.8) is 0 Å². The zero-order valence-electron chi connectivity index (χ0n) is 18.2. The molecule has 10 heteroatoms. The first kappa shape index (κ1) is 21.8. The number of ether oxygens (including phenoxy) is 2. The number of anilines is 4. The van der Waals surface area contributed by atoms with Crippen molar-refractivity contribution >= 4 is 29.7 Å². The fraction of sp³-hybridized carbons (Fsp3) is 0.261. The SMILES string of the molecule is COc1cc(/C=N/Nc2nc(Nc3ccccc3)nc(N3CCCC3)n2)ccc1OCC#N. The summed E-state index contributed by atoms with van der Waals surface area (Å²) in [5.74, 6) is 2.40. The Morgan fingerprint density at radius 3 is 2.61 bits per heavy atom. The zero-order chi connectivity index (χ0) is 22.9. The van der Waals surface area contributed by atoms with Gasteiger partial charge in [0.2, 0.25) is 17.8 Å². The van der Waals surface area contributed by atoms with Crippen LogP contribution in [0.15, 0.2) is 53.6 Å². The Morgan fingerprint density at radius 2 is 1.85 bits per heavy atom. The monoisotopic (exact) mass is 444 g/mol. The minimum absolute atomic E-state index is 0.0521. The Morgan fingerprint density at radius 1 is 1.06 bits per heavy atom. The number of nitrogens with one attached hydrogen (secondary N) is 2. The fourth-order valence-corrected chi connectivity index (χ4v) is 3.34. The Hall–Kier alpha value is -4.39. The molecule has 1 aliphatic heterocycles. The van der Waals surface area contributed by atoms with Crippen molar-refractivity contribution in [2.24, 2.45) is 5.10 Å². The summed E-state index contributed by atoms with van der Waals surface area (Å²) in [6.45, 7) is 1.78. The van der Waals surface area contributed by atoms with Gasteiger partial charge in [0.1, 0.15) is 6.07 Å². The number of para-hydroxylation sites is 1. The summed E-state index contributed by atoms with van der Waals surface area (Å²) in [6.07, 6.45) is 3.86. The first-order valence-corrected chi connectivity index (χ1v) is 10.5. The molecule has 3 aromatic rings. The van der Waals surface area contributed by atoms with Gasteiger partial charge in [0.15, 0.2) is 18.1 Å². The van der Waals surface area contributed by atoms with Gasteiger partial charge < -0.3 is 19.7 Å². The molecule has 0 spiro atoms. The highest BCUT2D eigenvalue weighted by Gasteiger charge is 2.17. The van der Waals surface area contributed by atoms with Crippen molar-refractivity contribution in [3.8, 4) is 17.6 Å². The highest BCUT2D eigenvalue weighted by Crippen LogP contribution is 2.27. The molecule has 2 heterocycles. The average Bonchev–Trinajstić information content (AvgIpc) is 3.39. The molecule has 0 radical (unpaired) electrons. The van der Waals surface area contributed by atoms with Crippen LogP contribution in [0.2, 0.25) is 0 Å². The number of aromatic nitrogens is 3. The van der Waals surface area contributed by atoms with E-state index in [2.05, 4.69) is 35.7 Å². The van der Waals surface area contributed by atoms with Crippen molar-refractivity contribution in [2.75, 3.05) is 42.4 Å². The van der Waals surface area contributed by atoms with E-state index in [1.165, 1.54) is 0 Å². The second-order valence-electron chi connectivity index (χ2n) is 7.19. The molecule has 10 nitrogen and oxygen atoms in total. The van der Waals surface area contributed by atoms with Crippen LogP contribution in [-0.4, -0.2) is 48.0 Å². The van der Waals surface area contributed by atoms with E-state index >= 15 is 0 Å². The van der Waals surface area contributed by atoms with Gasteiger partial charge in [0, 0.05) is 18.8 Å². The number of rotatable bonds is 9. The molecule has 33 heavy (non-hydrogen) atoms. The van der Waals surface area contributed by atoms with E-state index in [0.717, 1.165) is 37.2 Å². The van der Waals surface area contributed by atoms with Gasteiger partial charge in [-0.3, -0.25) is 0 Å². The molecule has 0 aliphatic carbocycles. The lowest BCUT2D eigenvalue weighted by Gasteiger charge is -2.16. The quantitative estimate of drug-likeness (QED) is 0.377. The van der Waals surface area contributed by atoms with Gasteiger partial charge in [-0.1, -0.05) is 18.2 Å². The Bertz CT molecular complexity index is 1140. The second kappa shape index (κ2) is 10.8. The van der Waals surface area contributed by atoms with E-state index in [4.69, 9.17) is 14.7 Å². The van der Waals surface area contributed by atoms with Gasteiger partial charge in [0.25, 0.3) is 0 Å². The van der Waals surface area contributed by atoms with Gasteiger partial charge in [-0.2, -0.15) is 25.3 Å². The number of nitrogens with zero attached hydrogens (tertiary/aromatic N) is 6.